The van der Waals surface area contributed by atoms with Crippen molar-refractivity contribution in [3.63, 3.8) is 0 Å². The molecule has 0 aromatic carbocycles. The molecule has 0 saturated heterocycles. The van der Waals surface area contributed by atoms with E-state index < -0.39 is 0 Å². The molecule has 0 heterocycles. The second-order valence-corrected chi connectivity index (χ2v) is 2.91. The van der Waals surface area contributed by atoms with Crippen LogP contribution >= 0.6 is 11.8 Å². The summed E-state index contributed by atoms with van der Waals surface area (Å²) in [4.78, 5) is 8.93. The van der Waals surface area contributed by atoms with Crippen LogP contribution < -0.4 is 0 Å². The highest BCUT2D eigenvalue weighted by molar-refractivity contribution is 8.13. The number of rotatable bonds is 3. The summed E-state index contributed by atoms with van der Waals surface area (Å²) >= 11 is 1.53. The predicted molar refractivity (Wildman–Crippen MR) is 40.0 cm³/mol. The van der Waals surface area contributed by atoms with Crippen LogP contribution in [0.1, 0.15) is 26.7 Å². The summed E-state index contributed by atoms with van der Waals surface area (Å²) in [5.74, 6) is 0.978. The van der Waals surface area contributed by atoms with Gasteiger partial charge in [-0.1, -0.05) is 13.8 Å². The number of hydrogen-bond acceptors (Lipinski definition) is 1. The van der Waals surface area contributed by atoms with Crippen molar-refractivity contribution in [1.82, 2.24) is 0 Å². The lowest BCUT2D eigenvalue weighted by Crippen LogP contribution is -1.89. The Bertz CT molecular complexity index is 62.9. The largest absolute Gasteiger partial charge is 0.350 e. The summed E-state index contributed by atoms with van der Waals surface area (Å²) < 4.78 is 0. The third-order valence-corrected chi connectivity index (χ3v) is 1.60. The average molecular weight is 133 g/mol. The van der Waals surface area contributed by atoms with E-state index in [1.54, 1.807) is 0 Å². The number of carbonyl (C=O) groups excluding carboxylic acids is 1. The van der Waals surface area contributed by atoms with Gasteiger partial charge in [0.2, 0.25) is 0 Å². The van der Waals surface area contributed by atoms with Gasteiger partial charge in [-0.15, -0.1) is 0 Å². The molecule has 0 rings (SSSR count). The third-order valence-electron chi connectivity index (χ3n) is 0.775. The maximum absolute atomic E-state index is 8.93. The van der Waals surface area contributed by atoms with Crippen LogP contribution in [0.25, 0.3) is 0 Å². The molecule has 0 amide bonds. The smallest absolute Gasteiger partial charge is 0.272 e. The van der Waals surface area contributed by atoms with Gasteiger partial charge in [0.25, 0.3) is 0 Å². The Hall–Kier alpha value is 0.0200. The summed E-state index contributed by atoms with van der Waals surface area (Å²) in [5.41, 5.74) is 0. The summed E-state index contributed by atoms with van der Waals surface area (Å²) in [6, 6.07) is 0. The molecule has 0 aromatic heterocycles. The second-order valence-electron chi connectivity index (χ2n) is 1.58. The van der Waals surface area contributed by atoms with Gasteiger partial charge in [-0.2, -0.15) is 0 Å². The zero-order valence-electron chi connectivity index (χ0n) is 5.48. The van der Waals surface area contributed by atoms with Gasteiger partial charge in [0, 0.05) is 5.75 Å². The maximum Gasteiger partial charge on any atom is 0.350 e. The Morgan fingerprint density at radius 1 is 1.50 bits per heavy atom. The lowest BCUT2D eigenvalue weighted by molar-refractivity contribution is 0.669. The molecule has 48 valence electrons. The van der Waals surface area contributed by atoms with Gasteiger partial charge in [0.15, 0.2) is 0 Å². The van der Waals surface area contributed by atoms with Crippen molar-refractivity contribution in [3.05, 3.63) is 0 Å². The molecule has 0 radical (unpaired) electrons. The molecule has 0 aromatic rings. The molecule has 8 heavy (non-hydrogen) atoms. The first-order valence-electron chi connectivity index (χ1n) is 2.98. The van der Waals surface area contributed by atoms with Crippen molar-refractivity contribution >= 4 is 16.9 Å². The average Bonchev–Trinajstić information content (AvgIpc) is 1.68. The molecule has 0 atom stereocenters. The lowest BCUT2D eigenvalue weighted by Gasteiger charge is -1.84. The topological polar surface area (TPSA) is 21.4 Å². The molecule has 0 saturated carbocycles. The molecular weight excluding hydrogens is 120 g/mol. The van der Waals surface area contributed by atoms with Crippen molar-refractivity contribution < 1.29 is 4.79 Å². The van der Waals surface area contributed by atoms with E-state index in [9.17, 15) is 0 Å². The van der Waals surface area contributed by atoms with Crippen LogP contribution in [-0.2, 0) is 0 Å². The summed E-state index contributed by atoms with van der Waals surface area (Å²) in [6.07, 6.45) is 1.89. The van der Waals surface area contributed by atoms with Crippen LogP contribution in [0.3, 0.4) is 0 Å². The van der Waals surface area contributed by atoms with E-state index in [1.807, 2.05) is 6.92 Å². The monoisotopic (exact) mass is 133 g/mol. The van der Waals surface area contributed by atoms with Gasteiger partial charge >= 0.3 is 5.12 Å². The van der Waals surface area contributed by atoms with E-state index in [-0.39, 0.29) is 0 Å². The van der Waals surface area contributed by atoms with Crippen LogP contribution in [-0.4, -0.2) is 15.7 Å². The van der Waals surface area contributed by atoms with E-state index >= 15 is 0 Å². The van der Waals surface area contributed by atoms with Crippen molar-refractivity contribution in [2.75, 3.05) is 5.75 Å². The fourth-order valence-electron chi connectivity index (χ4n) is 0.453. The zero-order valence-corrected chi connectivity index (χ0v) is 6.29. The predicted octanol–water partition coefficient (Wildman–Crippen LogP) is 2.04. The lowest BCUT2D eigenvalue weighted by atomic mass is 10.4. The first-order valence-corrected chi connectivity index (χ1v) is 3.97. The molecule has 0 spiro atoms. The Morgan fingerprint density at radius 3 is 2.50 bits per heavy atom. The van der Waals surface area contributed by atoms with Gasteiger partial charge in [0.05, 0.1) is 6.42 Å². The van der Waals surface area contributed by atoms with Crippen LogP contribution in [0.5, 0.6) is 0 Å². The fourth-order valence-corrected chi connectivity index (χ4v) is 1.13. The van der Waals surface area contributed by atoms with Crippen LogP contribution in [0.2, 0.25) is 0 Å². The minimum Gasteiger partial charge on any atom is -0.272 e. The molecule has 2 heteroatoms. The Balaban J connectivity index is 3.06. The maximum atomic E-state index is 8.93. The standard InChI is InChI=1S/C6H12OS/c1-3-5-6(7)8-4-2/h3-5H2,1-2H3/p+1. The molecule has 1 nitrogen and oxygen atoms in total. The van der Waals surface area contributed by atoms with Gasteiger partial charge < -0.3 is 0 Å². The Morgan fingerprint density at radius 2 is 2.12 bits per heavy atom. The van der Waals surface area contributed by atoms with Crippen molar-refractivity contribution in [2.24, 2.45) is 0 Å². The molecular formula is C6H13OS+. The minimum absolute atomic E-state index is 0.579. The first kappa shape index (κ1) is 8.02. The van der Waals surface area contributed by atoms with Crippen molar-refractivity contribution in [3.8, 4) is 0 Å². The van der Waals surface area contributed by atoms with E-state index in [4.69, 9.17) is 4.79 Å². The van der Waals surface area contributed by atoms with Crippen molar-refractivity contribution in [2.45, 2.75) is 26.7 Å². The normalized spacial score (nSPS) is 9.25. The molecule has 0 unspecified atom stereocenters. The molecule has 0 bridgehead atoms. The molecule has 0 aliphatic rings. The number of thioether (sulfide) groups is 1. The van der Waals surface area contributed by atoms with E-state index in [0.717, 1.165) is 18.6 Å². The van der Waals surface area contributed by atoms with E-state index in [0.29, 0.717) is 5.12 Å². The first-order chi connectivity index (χ1) is 3.81. The summed E-state index contributed by atoms with van der Waals surface area (Å²) in [7, 11) is 0. The van der Waals surface area contributed by atoms with Crippen LogP contribution in [0, 0.1) is 0 Å². The van der Waals surface area contributed by atoms with Gasteiger partial charge in [-0.3, -0.25) is 4.79 Å². The number of hydrogen-bond donors (Lipinski definition) is 0. The molecule has 0 aliphatic carbocycles. The van der Waals surface area contributed by atoms with Gasteiger partial charge in [-0.25, -0.2) is 0 Å². The SMILES string of the molecule is CCCC(=[OH+])SCC. The summed E-state index contributed by atoms with van der Waals surface area (Å²) in [5, 5.41) is 0.579. The second kappa shape index (κ2) is 5.16. The fraction of sp³-hybridized carbons (Fsp3) is 0.833. The highest BCUT2D eigenvalue weighted by Gasteiger charge is 2.03. The molecule has 0 fully saturated rings. The van der Waals surface area contributed by atoms with Gasteiger partial charge in [-0.05, 0) is 18.2 Å². The highest BCUT2D eigenvalue weighted by Crippen LogP contribution is 2.04. The van der Waals surface area contributed by atoms with Crippen LogP contribution in [0.15, 0.2) is 0 Å². The van der Waals surface area contributed by atoms with Crippen molar-refractivity contribution in [1.29, 1.82) is 0 Å². The molecule has 1 N–H and O–H groups in total. The van der Waals surface area contributed by atoms with Gasteiger partial charge in [0.1, 0.15) is 0 Å². The Labute approximate surface area is 54.8 Å². The quantitative estimate of drug-likeness (QED) is 0.540. The van der Waals surface area contributed by atoms with E-state index in [2.05, 4.69) is 6.92 Å². The summed E-state index contributed by atoms with van der Waals surface area (Å²) in [6.45, 7) is 4.10. The van der Waals surface area contributed by atoms with Crippen LogP contribution in [0.4, 0.5) is 0 Å². The minimum atomic E-state index is 0.579. The third kappa shape index (κ3) is 4.19. The van der Waals surface area contributed by atoms with E-state index in [1.165, 1.54) is 11.8 Å². The molecule has 0 aliphatic heterocycles. The highest BCUT2D eigenvalue weighted by atomic mass is 32.2. The Kier molecular flexibility index (Phi) is 5.18. The zero-order chi connectivity index (χ0) is 6.41.